The molecule has 0 radical (unpaired) electrons. The summed E-state index contributed by atoms with van der Waals surface area (Å²) in [6, 6.07) is 12.2. The van der Waals surface area contributed by atoms with Crippen LogP contribution in [0.3, 0.4) is 0 Å². The first-order valence-corrected chi connectivity index (χ1v) is 5.86. The lowest BCUT2D eigenvalue weighted by atomic mass is 10.0. The zero-order valence-corrected chi connectivity index (χ0v) is 10.7. The Hall–Kier alpha value is -1.71. The van der Waals surface area contributed by atoms with E-state index < -0.39 is 6.10 Å². The van der Waals surface area contributed by atoms with Gasteiger partial charge in [-0.15, -0.1) is 0 Å². The van der Waals surface area contributed by atoms with E-state index in [-0.39, 0.29) is 0 Å². The monoisotopic (exact) mass is 263 g/mol. The van der Waals surface area contributed by atoms with Gasteiger partial charge in [0.1, 0.15) is 11.9 Å². The highest BCUT2D eigenvalue weighted by Crippen LogP contribution is 2.32. The molecule has 0 bridgehead atoms. The minimum atomic E-state index is -0.817. The van der Waals surface area contributed by atoms with E-state index in [0.717, 1.165) is 0 Å². The SMILES string of the molecule is COc1ccc(Cl)cc1C(O)c1cccc(N)c1. The number of halogens is 1. The lowest BCUT2D eigenvalue weighted by molar-refractivity contribution is 0.215. The normalized spacial score (nSPS) is 12.2. The molecular weight excluding hydrogens is 250 g/mol. The molecule has 0 aliphatic heterocycles. The molecule has 2 aromatic carbocycles. The number of aliphatic hydroxyl groups excluding tert-OH is 1. The highest BCUT2D eigenvalue weighted by atomic mass is 35.5. The summed E-state index contributed by atoms with van der Waals surface area (Å²) in [5.74, 6) is 0.592. The lowest BCUT2D eigenvalue weighted by Gasteiger charge is -2.15. The van der Waals surface area contributed by atoms with Crippen molar-refractivity contribution in [1.82, 2.24) is 0 Å². The summed E-state index contributed by atoms with van der Waals surface area (Å²) < 4.78 is 5.22. The first-order chi connectivity index (χ1) is 8.61. The quantitative estimate of drug-likeness (QED) is 0.837. The van der Waals surface area contributed by atoms with E-state index in [1.54, 1.807) is 49.6 Å². The zero-order valence-electron chi connectivity index (χ0n) is 9.93. The molecule has 18 heavy (non-hydrogen) atoms. The van der Waals surface area contributed by atoms with E-state index in [2.05, 4.69) is 0 Å². The van der Waals surface area contributed by atoms with Crippen molar-refractivity contribution in [3.63, 3.8) is 0 Å². The van der Waals surface area contributed by atoms with Gasteiger partial charge in [0.05, 0.1) is 7.11 Å². The third-order valence-corrected chi connectivity index (χ3v) is 2.95. The summed E-state index contributed by atoms with van der Waals surface area (Å²) in [7, 11) is 1.55. The van der Waals surface area contributed by atoms with Crippen LogP contribution in [0.4, 0.5) is 5.69 Å². The summed E-state index contributed by atoms with van der Waals surface area (Å²) in [5.41, 5.74) is 7.64. The average molecular weight is 264 g/mol. The van der Waals surface area contributed by atoms with Crippen molar-refractivity contribution < 1.29 is 9.84 Å². The Bertz CT molecular complexity index is 557. The van der Waals surface area contributed by atoms with Crippen molar-refractivity contribution in [3.05, 3.63) is 58.6 Å². The van der Waals surface area contributed by atoms with Crippen LogP contribution in [0.25, 0.3) is 0 Å². The van der Waals surface area contributed by atoms with Gasteiger partial charge in [0.2, 0.25) is 0 Å². The van der Waals surface area contributed by atoms with Gasteiger partial charge in [0.15, 0.2) is 0 Å². The predicted octanol–water partition coefficient (Wildman–Crippen LogP) is 3.01. The fourth-order valence-corrected chi connectivity index (χ4v) is 2.01. The molecule has 94 valence electrons. The van der Waals surface area contributed by atoms with Gasteiger partial charge in [-0.3, -0.25) is 0 Å². The van der Waals surface area contributed by atoms with E-state index >= 15 is 0 Å². The number of nitrogens with two attached hydrogens (primary N) is 1. The van der Waals surface area contributed by atoms with Gasteiger partial charge in [-0.2, -0.15) is 0 Å². The van der Waals surface area contributed by atoms with Gasteiger partial charge in [-0.05, 0) is 35.9 Å². The van der Waals surface area contributed by atoms with E-state index in [1.807, 2.05) is 0 Å². The second kappa shape index (κ2) is 5.29. The highest BCUT2D eigenvalue weighted by molar-refractivity contribution is 6.30. The van der Waals surface area contributed by atoms with Crippen LogP contribution in [0.2, 0.25) is 5.02 Å². The molecule has 4 heteroatoms. The van der Waals surface area contributed by atoms with Crippen LogP contribution < -0.4 is 10.5 Å². The number of hydrogen-bond acceptors (Lipinski definition) is 3. The largest absolute Gasteiger partial charge is 0.496 e. The van der Waals surface area contributed by atoms with Crippen molar-refractivity contribution in [2.45, 2.75) is 6.10 Å². The number of ether oxygens (including phenoxy) is 1. The minimum absolute atomic E-state index is 0.550. The number of hydrogen-bond donors (Lipinski definition) is 2. The van der Waals surface area contributed by atoms with Gasteiger partial charge in [-0.25, -0.2) is 0 Å². The van der Waals surface area contributed by atoms with Crippen molar-refractivity contribution in [3.8, 4) is 5.75 Å². The lowest BCUT2D eigenvalue weighted by Crippen LogP contribution is -2.03. The maximum Gasteiger partial charge on any atom is 0.125 e. The molecule has 0 aliphatic carbocycles. The minimum Gasteiger partial charge on any atom is -0.496 e. The molecule has 0 spiro atoms. The molecule has 0 aromatic heterocycles. The van der Waals surface area contributed by atoms with Gasteiger partial charge in [0, 0.05) is 16.3 Å². The van der Waals surface area contributed by atoms with Crippen molar-refractivity contribution in [1.29, 1.82) is 0 Å². The molecule has 2 rings (SSSR count). The smallest absolute Gasteiger partial charge is 0.125 e. The third-order valence-electron chi connectivity index (χ3n) is 2.71. The van der Waals surface area contributed by atoms with Gasteiger partial charge >= 0.3 is 0 Å². The maximum atomic E-state index is 10.4. The Labute approximate surface area is 111 Å². The molecule has 0 saturated heterocycles. The first-order valence-electron chi connectivity index (χ1n) is 5.48. The Morgan fingerprint density at radius 1 is 1.22 bits per heavy atom. The summed E-state index contributed by atoms with van der Waals surface area (Å²) in [6.07, 6.45) is -0.817. The molecule has 3 nitrogen and oxygen atoms in total. The average Bonchev–Trinajstić information content (AvgIpc) is 2.38. The number of nitrogen functional groups attached to an aromatic ring is 1. The predicted molar refractivity (Wildman–Crippen MR) is 72.9 cm³/mol. The molecule has 0 heterocycles. The number of methoxy groups -OCH3 is 1. The number of benzene rings is 2. The summed E-state index contributed by atoms with van der Waals surface area (Å²) in [6.45, 7) is 0. The molecule has 3 N–H and O–H groups in total. The molecule has 1 unspecified atom stereocenters. The first kappa shape index (κ1) is 12.7. The van der Waals surface area contributed by atoms with E-state index in [4.69, 9.17) is 22.1 Å². The van der Waals surface area contributed by atoms with Crippen LogP contribution in [-0.4, -0.2) is 12.2 Å². The summed E-state index contributed by atoms with van der Waals surface area (Å²) >= 11 is 5.95. The second-order valence-electron chi connectivity index (χ2n) is 3.96. The topological polar surface area (TPSA) is 55.5 Å². The van der Waals surface area contributed by atoms with Crippen LogP contribution in [-0.2, 0) is 0 Å². The van der Waals surface area contributed by atoms with E-state index in [0.29, 0.717) is 27.6 Å². The van der Waals surface area contributed by atoms with Crippen LogP contribution in [0, 0.1) is 0 Å². The fourth-order valence-electron chi connectivity index (χ4n) is 1.83. The van der Waals surface area contributed by atoms with E-state index in [9.17, 15) is 5.11 Å². The summed E-state index contributed by atoms with van der Waals surface area (Å²) in [5, 5.41) is 10.9. The Balaban J connectivity index is 2.44. The Kier molecular flexibility index (Phi) is 3.75. The fraction of sp³-hybridized carbons (Fsp3) is 0.143. The molecule has 2 aromatic rings. The second-order valence-corrected chi connectivity index (χ2v) is 4.40. The van der Waals surface area contributed by atoms with E-state index in [1.165, 1.54) is 0 Å². The maximum absolute atomic E-state index is 10.4. The molecule has 0 saturated carbocycles. The van der Waals surface area contributed by atoms with Crippen LogP contribution in [0.5, 0.6) is 5.75 Å². The molecule has 0 aliphatic rings. The molecular formula is C14H14ClNO2. The molecule has 0 amide bonds. The van der Waals surface area contributed by atoms with Gasteiger partial charge in [0.25, 0.3) is 0 Å². The third kappa shape index (κ3) is 2.58. The van der Waals surface area contributed by atoms with Gasteiger partial charge < -0.3 is 15.6 Å². The molecule has 0 fully saturated rings. The number of anilines is 1. The van der Waals surface area contributed by atoms with Crippen LogP contribution in [0.15, 0.2) is 42.5 Å². The van der Waals surface area contributed by atoms with Crippen LogP contribution in [0.1, 0.15) is 17.2 Å². The number of rotatable bonds is 3. The van der Waals surface area contributed by atoms with Crippen molar-refractivity contribution in [2.75, 3.05) is 12.8 Å². The van der Waals surface area contributed by atoms with Crippen molar-refractivity contribution in [2.24, 2.45) is 0 Å². The standard InChI is InChI=1S/C14H14ClNO2/c1-18-13-6-5-10(15)8-12(13)14(17)9-3-2-4-11(16)7-9/h2-8,14,17H,16H2,1H3. The Morgan fingerprint density at radius 3 is 2.67 bits per heavy atom. The van der Waals surface area contributed by atoms with Crippen molar-refractivity contribution >= 4 is 17.3 Å². The highest BCUT2D eigenvalue weighted by Gasteiger charge is 2.16. The number of aliphatic hydroxyl groups is 1. The molecule has 1 atom stereocenters. The van der Waals surface area contributed by atoms with Crippen LogP contribution >= 0.6 is 11.6 Å². The van der Waals surface area contributed by atoms with Gasteiger partial charge in [-0.1, -0.05) is 23.7 Å². The summed E-state index contributed by atoms with van der Waals surface area (Å²) in [4.78, 5) is 0. The Morgan fingerprint density at radius 2 is 2.00 bits per heavy atom. The zero-order chi connectivity index (χ0) is 13.1.